The molecule has 104 valence electrons. The van der Waals surface area contributed by atoms with Crippen molar-refractivity contribution in [2.45, 2.75) is 38.5 Å². The Morgan fingerprint density at radius 1 is 1.45 bits per heavy atom. The summed E-state index contributed by atoms with van der Waals surface area (Å²) in [4.78, 5) is 16.5. The lowest BCUT2D eigenvalue weighted by Gasteiger charge is -2.21. The molecule has 1 aromatic heterocycles. The highest BCUT2D eigenvalue weighted by atomic mass is 35.5. The second-order valence-electron chi connectivity index (χ2n) is 6.20. The van der Waals surface area contributed by atoms with Gasteiger partial charge in [0.25, 0.3) is 0 Å². The first kappa shape index (κ1) is 13.4. The second-order valence-corrected chi connectivity index (χ2v) is 6.64. The predicted octanol–water partition coefficient (Wildman–Crippen LogP) is 4.37. The van der Waals surface area contributed by atoms with Crippen molar-refractivity contribution in [1.82, 2.24) is 4.98 Å². The fourth-order valence-electron chi connectivity index (χ4n) is 3.48. The zero-order valence-electron chi connectivity index (χ0n) is 11.7. The standard InChI is InChI=1S/C16H16ClNO2/c1-8-7-16(2,3)13-12(15(19)20)10-6-9(17)4-5-11(10)18-14(8)13/h4-6,8H,7H2,1-3H3,(H,19,20). The molecule has 0 saturated carbocycles. The molecular formula is C16H16ClNO2. The molecule has 2 aromatic rings. The minimum atomic E-state index is -0.905. The van der Waals surface area contributed by atoms with Gasteiger partial charge in [0.05, 0.1) is 11.1 Å². The number of aromatic nitrogens is 1. The van der Waals surface area contributed by atoms with E-state index in [1.807, 2.05) is 0 Å². The van der Waals surface area contributed by atoms with Gasteiger partial charge in [-0.05, 0) is 41.5 Å². The number of carboxylic acid groups (broad SMARTS) is 1. The van der Waals surface area contributed by atoms with Crippen LogP contribution in [0.3, 0.4) is 0 Å². The van der Waals surface area contributed by atoms with Crippen LogP contribution in [-0.4, -0.2) is 16.1 Å². The lowest BCUT2D eigenvalue weighted by atomic mass is 9.83. The minimum absolute atomic E-state index is 0.175. The number of fused-ring (bicyclic) bond motifs is 2. The topological polar surface area (TPSA) is 50.2 Å². The highest BCUT2D eigenvalue weighted by Crippen LogP contribution is 2.47. The predicted molar refractivity (Wildman–Crippen MR) is 79.8 cm³/mol. The summed E-state index contributed by atoms with van der Waals surface area (Å²) in [5.41, 5.74) is 2.68. The van der Waals surface area contributed by atoms with Crippen molar-refractivity contribution in [2.24, 2.45) is 0 Å². The van der Waals surface area contributed by atoms with Crippen molar-refractivity contribution in [1.29, 1.82) is 0 Å². The molecule has 20 heavy (non-hydrogen) atoms. The Kier molecular flexibility index (Phi) is 2.80. The lowest BCUT2D eigenvalue weighted by Crippen LogP contribution is -2.18. The highest BCUT2D eigenvalue weighted by Gasteiger charge is 2.40. The number of pyridine rings is 1. The summed E-state index contributed by atoms with van der Waals surface area (Å²) in [6.45, 7) is 6.27. The molecule has 0 fully saturated rings. The number of hydrogen-bond donors (Lipinski definition) is 1. The number of rotatable bonds is 1. The third-order valence-corrected chi connectivity index (χ3v) is 4.38. The summed E-state index contributed by atoms with van der Waals surface area (Å²) in [6.07, 6.45) is 0.916. The van der Waals surface area contributed by atoms with Crippen LogP contribution in [0.4, 0.5) is 0 Å². The monoisotopic (exact) mass is 289 g/mol. The molecule has 0 radical (unpaired) electrons. The van der Waals surface area contributed by atoms with Crippen molar-refractivity contribution >= 4 is 28.5 Å². The number of aromatic carboxylic acids is 1. The second kappa shape index (κ2) is 4.19. The van der Waals surface area contributed by atoms with E-state index in [0.717, 1.165) is 17.7 Å². The number of nitrogens with zero attached hydrogens (tertiary/aromatic N) is 1. The summed E-state index contributed by atoms with van der Waals surface area (Å²) in [5.74, 6) is -0.628. The number of halogens is 1. The Morgan fingerprint density at radius 3 is 2.80 bits per heavy atom. The minimum Gasteiger partial charge on any atom is -0.478 e. The molecule has 0 spiro atoms. The molecule has 1 heterocycles. The van der Waals surface area contributed by atoms with E-state index in [1.165, 1.54) is 0 Å². The van der Waals surface area contributed by atoms with Gasteiger partial charge in [0.15, 0.2) is 0 Å². The molecule has 1 aliphatic rings. The molecule has 0 amide bonds. The molecular weight excluding hydrogens is 274 g/mol. The van der Waals surface area contributed by atoms with E-state index in [2.05, 4.69) is 20.8 Å². The summed E-state index contributed by atoms with van der Waals surface area (Å²) in [7, 11) is 0. The van der Waals surface area contributed by atoms with Gasteiger partial charge in [0, 0.05) is 16.1 Å². The zero-order chi connectivity index (χ0) is 14.7. The van der Waals surface area contributed by atoms with E-state index < -0.39 is 5.97 Å². The molecule has 0 aliphatic heterocycles. The van der Waals surface area contributed by atoms with Crippen molar-refractivity contribution in [3.8, 4) is 0 Å². The largest absolute Gasteiger partial charge is 0.478 e. The number of carboxylic acids is 1. The SMILES string of the molecule is CC1CC(C)(C)c2c1nc1ccc(Cl)cc1c2C(=O)O. The zero-order valence-corrected chi connectivity index (χ0v) is 12.5. The van der Waals surface area contributed by atoms with Crippen LogP contribution in [0, 0.1) is 0 Å². The molecule has 3 rings (SSSR count). The third kappa shape index (κ3) is 1.80. The number of hydrogen-bond acceptors (Lipinski definition) is 2. The first-order chi connectivity index (χ1) is 9.31. The van der Waals surface area contributed by atoms with Crippen LogP contribution in [0.2, 0.25) is 5.02 Å². The fraction of sp³-hybridized carbons (Fsp3) is 0.375. The van der Waals surface area contributed by atoms with Gasteiger partial charge in [-0.25, -0.2) is 4.79 Å². The van der Waals surface area contributed by atoms with Gasteiger partial charge in [0.1, 0.15) is 0 Å². The molecule has 1 N–H and O–H groups in total. The average molecular weight is 290 g/mol. The summed E-state index contributed by atoms with van der Waals surface area (Å²) >= 11 is 6.03. The maximum Gasteiger partial charge on any atom is 0.336 e. The van der Waals surface area contributed by atoms with Crippen LogP contribution in [-0.2, 0) is 5.41 Å². The summed E-state index contributed by atoms with van der Waals surface area (Å²) in [5, 5.41) is 10.8. The van der Waals surface area contributed by atoms with Crippen LogP contribution in [0.15, 0.2) is 18.2 Å². The van der Waals surface area contributed by atoms with Gasteiger partial charge < -0.3 is 5.11 Å². The Bertz CT molecular complexity index is 737. The van der Waals surface area contributed by atoms with Gasteiger partial charge in [-0.2, -0.15) is 0 Å². The summed E-state index contributed by atoms with van der Waals surface area (Å²) in [6, 6.07) is 5.24. The van der Waals surface area contributed by atoms with Gasteiger partial charge in [0.2, 0.25) is 0 Å². The lowest BCUT2D eigenvalue weighted by molar-refractivity contribution is 0.0696. The van der Waals surface area contributed by atoms with Crippen molar-refractivity contribution in [3.05, 3.63) is 40.0 Å². The molecule has 0 bridgehead atoms. The number of carbonyl (C=O) groups is 1. The van der Waals surface area contributed by atoms with Gasteiger partial charge in [-0.15, -0.1) is 0 Å². The Labute approximate surface area is 122 Å². The quantitative estimate of drug-likeness (QED) is 0.848. The highest BCUT2D eigenvalue weighted by molar-refractivity contribution is 6.31. The molecule has 1 aromatic carbocycles. The van der Waals surface area contributed by atoms with E-state index >= 15 is 0 Å². The van der Waals surface area contributed by atoms with E-state index in [9.17, 15) is 9.90 Å². The number of benzene rings is 1. The van der Waals surface area contributed by atoms with Crippen LogP contribution >= 0.6 is 11.6 Å². The third-order valence-electron chi connectivity index (χ3n) is 4.15. The van der Waals surface area contributed by atoms with Gasteiger partial charge in [-0.3, -0.25) is 4.98 Å². The normalized spacial score (nSPS) is 20.1. The smallest absolute Gasteiger partial charge is 0.336 e. The Balaban J connectivity index is 2.50. The van der Waals surface area contributed by atoms with Crippen LogP contribution in [0.1, 0.15) is 54.7 Å². The van der Waals surface area contributed by atoms with E-state index in [-0.39, 0.29) is 11.3 Å². The van der Waals surface area contributed by atoms with Crippen LogP contribution in [0.5, 0.6) is 0 Å². The van der Waals surface area contributed by atoms with Crippen molar-refractivity contribution in [3.63, 3.8) is 0 Å². The van der Waals surface area contributed by atoms with Crippen LogP contribution < -0.4 is 0 Å². The molecule has 1 aliphatic carbocycles. The first-order valence-electron chi connectivity index (χ1n) is 6.68. The molecule has 4 heteroatoms. The molecule has 1 unspecified atom stereocenters. The molecule has 1 atom stereocenters. The van der Waals surface area contributed by atoms with E-state index in [1.54, 1.807) is 18.2 Å². The maximum atomic E-state index is 11.8. The molecule has 0 saturated heterocycles. The van der Waals surface area contributed by atoms with E-state index in [4.69, 9.17) is 16.6 Å². The van der Waals surface area contributed by atoms with Gasteiger partial charge in [-0.1, -0.05) is 32.4 Å². The fourth-order valence-corrected chi connectivity index (χ4v) is 3.65. The first-order valence-corrected chi connectivity index (χ1v) is 7.06. The summed E-state index contributed by atoms with van der Waals surface area (Å²) < 4.78 is 0. The van der Waals surface area contributed by atoms with Crippen molar-refractivity contribution in [2.75, 3.05) is 0 Å². The van der Waals surface area contributed by atoms with E-state index in [0.29, 0.717) is 21.5 Å². The average Bonchev–Trinajstić information content (AvgIpc) is 2.57. The Morgan fingerprint density at radius 2 is 2.15 bits per heavy atom. The van der Waals surface area contributed by atoms with Gasteiger partial charge >= 0.3 is 5.97 Å². The molecule has 3 nitrogen and oxygen atoms in total. The maximum absolute atomic E-state index is 11.8. The van der Waals surface area contributed by atoms with Crippen molar-refractivity contribution < 1.29 is 9.90 Å². The Hall–Kier alpha value is -1.61. The van der Waals surface area contributed by atoms with Crippen LogP contribution in [0.25, 0.3) is 10.9 Å².